The van der Waals surface area contributed by atoms with E-state index in [0.717, 1.165) is 11.1 Å². The molecule has 0 amide bonds. The lowest BCUT2D eigenvalue weighted by atomic mass is 10.2. The van der Waals surface area contributed by atoms with E-state index in [4.69, 9.17) is 9.47 Å². The highest BCUT2D eigenvalue weighted by atomic mass is 19.1. The second kappa shape index (κ2) is 10.8. The molecule has 0 bridgehead atoms. The molecule has 5 heteroatoms. The van der Waals surface area contributed by atoms with Gasteiger partial charge in [-0.15, -0.1) is 0 Å². The number of ether oxygens (including phenoxy) is 2. The first-order valence-electron chi connectivity index (χ1n) is 8.27. The molecule has 136 valence electrons. The van der Waals surface area contributed by atoms with Gasteiger partial charge in [-0.1, -0.05) is 48.6 Å². The number of carbonyl (C=O) groups is 1. The highest BCUT2D eigenvalue weighted by Crippen LogP contribution is 2.07. The summed E-state index contributed by atoms with van der Waals surface area (Å²) in [5.74, 6) is -0.586. The summed E-state index contributed by atoms with van der Waals surface area (Å²) in [7, 11) is 0. The molecule has 0 N–H and O–H groups in total. The zero-order chi connectivity index (χ0) is 18.6. The Morgan fingerprint density at radius 2 is 1.27 bits per heavy atom. The molecule has 0 saturated heterocycles. The number of halogens is 2. The Morgan fingerprint density at radius 1 is 0.808 bits per heavy atom. The van der Waals surface area contributed by atoms with E-state index >= 15 is 0 Å². The van der Waals surface area contributed by atoms with Crippen LogP contribution in [-0.2, 0) is 9.47 Å². The molecule has 2 aromatic carbocycles. The van der Waals surface area contributed by atoms with Gasteiger partial charge in [-0.3, -0.25) is 0 Å². The van der Waals surface area contributed by atoms with Crippen LogP contribution in [0.2, 0.25) is 0 Å². The zero-order valence-corrected chi connectivity index (χ0v) is 14.2. The molecule has 0 heterocycles. The Hall–Kier alpha value is -2.95. The van der Waals surface area contributed by atoms with Gasteiger partial charge in [-0.2, -0.15) is 0 Å². The first kappa shape index (κ1) is 19.4. The van der Waals surface area contributed by atoms with Crippen molar-refractivity contribution in [1.29, 1.82) is 0 Å². The van der Waals surface area contributed by atoms with Crippen LogP contribution in [0, 0.1) is 11.6 Å². The van der Waals surface area contributed by atoms with Crippen LogP contribution in [0.5, 0.6) is 0 Å². The Kier molecular flexibility index (Phi) is 8.06. The van der Waals surface area contributed by atoms with E-state index in [1.165, 1.54) is 24.3 Å². The molecular weight excluding hydrogens is 338 g/mol. The molecule has 0 unspecified atom stereocenters. The zero-order valence-electron chi connectivity index (χ0n) is 14.2. The Balaban J connectivity index is 1.56. The van der Waals surface area contributed by atoms with Gasteiger partial charge in [0, 0.05) is 12.8 Å². The minimum absolute atomic E-state index is 0.184. The molecule has 2 aromatic rings. The molecule has 0 fully saturated rings. The van der Waals surface area contributed by atoms with Crippen molar-refractivity contribution >= 4 is 18.3 Å². The van der Waals surface area contributed by atoms with Crippen LogP contribution in [0.4, 0.5) is 13.6 Å². The van der Waals surface area contributed by atoms with Gasteiger partial charge in [0.1, 0.15) is 11.6 Å². The van der Waals surface area contributed by atoms with E-state index < -0.39 is 6.16 Å². The lowest BCUT2D eigenvalue weighted by Crippen LogP contribution is -2.08. The quantitative estimate of drug-likeness (QED) is 0.453. The van der Waals surface area contributed by atoms with Crippen LogP contribution in [0.25, 0.3) is 12.2 Å². The normalized spacial score (nSPS) is 11.2. The average Bonchev–Trinajstić information content (AvgIpc) is 2.61. The van der Waals surface area contributed by atoms with Crippen molar-refractivity contribution in [3.8, 4) is 0 Å². The molecular formula is C21H20F2O3. The third kappa shape index (κ3) is 7.75. The van der Waals surface area contributed by atoms with Crippen molar-refractivity contribution in [2.75, 3.05) is 13.2 Å². The summed E-state index contributed by atoms with van der Waals surface area (Å²) in [5.41, 5.74) is 1.50. The second-order valence-electron chi connectivity index (χ2n) is 5.44. The summed E-state index contributed by atoms with van der Waals surface area (Å²) in [6.45, 7) is 0.369. The Morgan fingerprint density at radius 3 is 1.69 bits per heavy atom. The molecule has 0 radical (unpaired) electrons. The lowest BCUT2D eigenvalue weighted by Gasteiger charge is -2.03. The number of rotatable bonds is 8. The summed E-state index contributed by atoms with van der Waals surface area (Å²) in [6.07, 6.45) is 7.39. The fraction of sp³-hybridized carbons (Fsp3) is 0.190. The predicted octanol–water partition coefficient (Wildman–Crippen LogP) is 5.62. The molecule has 0 atom stereocenters. The van der Waals surface area contributed by atoms with Gasteiger partial charge in [0.05, 0.1) is 13.2 Å². The van der Waals surface area contributed by atoms with Gasteiger partial charge < -0.3 is 9.47 Å². The second-order valence-corrected chi connectivity index (χ2v) is 5.44. The molecule has 0 aromatic heterocycles. The smallest absolute Gasteiger partial charge is 0.434 e. The SMILES string of the molecule is O=C(OCC/C=C/c1cccc(F)c1)OCC/C=C/c1cccc(F)c1. The van der Waals surface area contributed by atoms with Gasteiger partial charge in [0.25, 0.3) is 0 Å². The summed E-state index contributed by atoms with van der Waals surface area (Å²) in [6, 6.07) is 12.4. The van der Waals surface area contributed by atoms with Crippen LogP contribution in [0.1, 0.15) is 24.0 Å². The summed E-state index contributed by atoms with van der Waals surface area (Å²) in [5, 5.41) is 0. The van der Waals surface area contributed by atoms with Crippen LogP contribution < -0.4 is 0 Å². The fourth-order valence-electron chi connectivity index (χ4n) is 2.12. The highest BCUT2D eigenvalue weighted by molar-refractivity contribution is 5.60. The van der Waals surface area contributed by atoms with Crippen LogP contribution in [0.15, 0.2) is 60.7 Å². The van der Waals surface area contributed by atoms with Crippen molar-refractivity contribution in [2.24, 2.45) is 0 Å². The molecule has 0 spiro atoms. The number of benzene rings is 2. The minimum atomic E-state index is -0.733. The summed E-state index contributed by atoms with van der Waals surface area (Å²) in [4.78, 5) is 11.4. The van der Waals surface area contributed by atoms with Crippen molar-refractivity contribution in [3.05, 3.63) is 83.4 Å². The average molecular weight is 358 g/mol. The van der Waals surface area contributed by atoms with E-state index in [2.05, 4.69) is 0 Å². The maximum absolute atomic E-state index is 13.0. The Labute approximate surface area is 151 Å². The van der Waals surface area contributed by atoms with Crippen LogP contribution >= 0.6 is 0 Å². The Bertz CT molecular complexity index is 706. The summed E-state index contributed by atoms with van der Waals surface area (Å²) < 4.78 is 35.8. The van der Waals surface area contributed by atoms with Crippen LogP contribution in [0.3, 0.4) is 0 Å². The lowest BCUT2D eigenvalue weighted by molar-refractivity contribution is 0.0578. The van der Waals surface area contributed by atoms with Crippen molar-refractivity contribution in [2.45, 2.75) is 12.8 Å². The molecule has 2 rings (SSSR count). The molecule has 0 aliphatic carbocycles. The van der Waals surface area contributed by atoms with Crippen LogP contribution in [-0.4, -0.2) is 19.4 Å². The van der Waals surface area contributed by atoms with Gasteiger partial charge >= 0.3 is 6.16 Å². The molecule has 3 nitrogen and oxygen atoms in total. The monoisotopic (exact) mass is 358 g/mol. The fourth-order valence-corrected chi connectivity index (χ4v) is 2.12. The van der Waals surface area contributed by atoms with E-state index in [0.29, 0.717) is 12.8 Å². The van der Waals surface area contributed by atoms with Gasteiger partial charge in [-0.05, 0) is 35.4 Å². The maximum atomic E-state index is 13.0. The topological polar surface area (TPSA) is 35.5 Å². The van der Waals surface area contributed by atoms with E-state index in [1.807, 2.05) is 0 Å². The predicted molar refractivity (Wildman–Crippen MR) is 97.4 cm³/mol. The first-order chi connectivity index (χ1) is 12.6. The first-order valence-corrected chi connectivity index (χ1v) is 8.27. The van der Waals surface area contributed by atoms with E-state index in [-0.39, 0.29) is 24.8 Å². The van der Waals surface area contributed by atoms with Crippen molar-refractivity contribution in [1.82, 2.24) is 0 Å². The standard InChI is InChI=1S/C21H20F2O3/c22-19-11-5-9-17(15-19)7-1-3-13-25-21(24)26-14-4-2-8-18-10-6-12-20(23)16-18/h1-2,5-12,15-16H,3-4,13-14H2/b7-1+,8-2+. The van der Waals surface area contributed by atoms with E-state index in [1.54, 1.807) is 48.6 Å². The third-order valence-corrected chi connectivity index (χ3v) is 3.33. The minimum Gasteiger partial charge on any atom is -0.434 e. The summed E-state index contributed by atoms with van der Waals surface area (Å²) >= 11 is 0. The molecule has 26 heavy (non-hydrogen) atoms. The largest absolute Gasteiger partial charge is 0.508 e. The van der Waals surface area contributed by atoms with Gasteiger partial charge in [-0.25, -0.2) is 13.6 Å². The van der Waals surface area contributed by atoms with Crippen molar-refractivity contribution < 1.29 is 23.0 Å². The molecule has 0 aliphatic heterocycles. The number of hydrogen-bond donors (Lipinski definition) is 0. The number of carbonyl (C=O) groups excluding carboxylic acids is 1. The van der Waals surface area contributed by atoms with Crippen molar-refractivity contribution in [3.63, 3.8) is 0 Å². The molecule has 0 aliphatic rings. The highest BCUT2D eigenvalue weighted by Gasteiger charge is 2.01. The molecule has 0 saturated carbocycles. The third-order valence-electron chi connectivity index (χ3n) is 3.33. The number of hydrogen-bond acceptors (Lipinski definition) is 3. The van der Waals surface area contributed by atoms with Gasteiger partial charge in [0.2, 0.25) is 0 Å². The van der Waals surface area contributed by atoms with E-state index in [9.17, 15) is 13.6 Å². The van der Waals surface area contributed by atoms with Gasteiger partial charge in [0.15, 0.2) is 0 Å². The maximum Gasteiger partial charge on any atom is 0.508 e.